The van der Waals surface area contributed by atoms with Gasteiger partial charge in [-0.1, -0.05) is 18.5 Å². The molecule has 1 N–H and O–H groups in total. The van der Waals surface area contributed by atoms with Crippen molar-refractivity contribution >= 4 is 38.9 Å². The summed E-state index contributed by atoms with van der Waals surface area (Å²) in [5, 5.41) is 2.99. The standard InChI is InChI=1S/C12H15ClN2O3S/c1-2-12(16)14-11-5-4-9(8-10(11)13)15-6-3-7-19(15,17)18/h4-5,8H,2-3,6-7H2,1H3,(H,14,16). The summed E-state index contributed by atoms with van der Waals surface area (Å²) in [6, 6.07) is 4.84. The number of amides is 1. The van der Waals surface area contributed by atoms with Crippen LogP contribution in [0.25, 0.3) is 0 Å². The highest BCUT2D eigenvalue weighted by atomic mass is 35.5. The molecule has 0 saturated carbocycles. The fraction of sp³-hybridized carbons (Fsp3) is 0.417. The van der Waals surface area contributed by atoms with Gasteiger partial charge in [-0.05, 0) is 24.6 Å². The zero-order valence-electron chi connectivity index (χ0n) is 10.5. The highest BCUT2D eigenvalue weighted by Crippen LogP contribution is 2.31. The molecule has 0 spiro atoms. The number of hydrogen-bond donors (Lipinski definition) is 1. The van der Waals surface area contributed by atoms with Crippen LogP contribution in [0.5, 0.6) is 0 Å². The summed E-state index contributed by atoms with van der Waals surface area (Å²) in [4.78, 5) is 11.3. The van der Waals surface area contributed by atoms with Crippen molar-refractivity contribution in [3.63, 3.8) is 0 Å². The zero-order valence-corrected chi connectivity index (χ0v) is 12.1. The quantitative estimate of drug-likeness (QED) is 0.931. The van der Waals surface area contributed by atoms with Gasteiger partial charge in [-0.15, -0.1) is 0 Å². The number of carbonyl (C=O) groups is 1. The summed E-state index contributed by atoms with van der Waals surface area (Å²) in [6.07, 6.45) is 0.979. The number of hydrogen-bond acceptors (Lipinski definition) is 3. The Morgan fingerprint density at radius 3 is 2.74 bits per heavy atom. The van der Waals surface area contributed by atoms with E-state index in [-0.39, 0.29) is 11.7 Å². The molecule has 0 unspecified atom stereocenters. The second-order valence-electron chi connectivity index (χ2n) is 4.31. The number of anilines is 2. The lowest BCUT2D eigenvalue weighted by molar-refractivity contribution is -0.115. The van der Waals surface area contributed by atoms with E-state index in [0.717, 1.165) is 0 Å². The van der Waals surface area contributed by atoms with Crippen molar-refractivity contribution in [2.45, 2.75) is 19.8 Å². The molecule has 1 aromatic rings. The monoisotopic (exact) mass is 302 g/mol. The van der Waals surface area contributed by atoms with Gasteiger partial charge in [-0.25, -0.2) is 8.42 Å². The van der Waals surface area contributed by atoms with E-state index in [4.69, 9.17) is 11.6 Å². The van der Waals surface area contributed by atoms with Gasteiger partial charge in [0.15, 0.2) is 0 Å². The van der Waals surface area contributed by atoms with Gasteiger partial charge in [-0.3, -0.25) is 9.10 Å². The van der Waals surface area contributed by atoms with Gasteiger partial charge in [0, 0.05) is 13.0 Å². The maximum absolute atomic E-state index is 11.8. The molecule has 1 aromatic carbocycles. The van der Waals surface area contributed by atoms with E-state index in [1.54, 1.807) is 25.1 Å². The predicted molar refractivity (Wildman–Crippen MR) is 76.1 cm³/mol. The Balaban J connectivity index is 2.26. The number of rotatable bonds is 3. The highest BCUT2D eigenvalue weighted by molar-refractivity contribution is 7.93. The summed E-state index contributed by atoms with van der Waals surface area (Å²) in [7, 11) is -3.21. The number of sulfonamides is 1. The van der Waals surface area contributed by atoms with E-state index < -0.39 is 10.0 Å². The summed E-state index contributed by atoms with van der Waals surface area (Å²) in [6.45, 7) is 2.22. The van der Waals surface area contributed by atoms with Crippen LogP contribution >= 0.6 is 11.6 Å². The highest BCUT2D eigenvalue weighted by Gasteiger charge is 2.28. The van der Waals surface area contributed by atoms with Gasteiger partial charge in [0.1, 0.15) is 0 Å². The van der Waals surface area contributed by atoms with Gasteiger partial charge in [0.2, 0.25) is 15.9 Å². The van der Waals surface area contributed by atoms with Crippen LogP contribution in [0.15, 0.2) is 18.2 Å². The van der Waals surface area contributed by atoms with Crippen LogP contribution in [-0.4, -0.2) is 26.6 Å². The molecule has 0 aliphatic carbocycles. The van der Waals surface area contributed by atoms with Crippen LogP contribution in [0.4, 0.5) is 11.4 Å². The summed E-state index contributed by atoms with van der Waals surface area (Å²) in [5.41, 5.74) is 1.03. The molecular formula is C12H15ClN2O3S. The van der Waals surface area contributed by atoms with Crippen LogP contribution in [0.1, 0.15) is 19.8 Å². The third-order valence-corrected chi connectivity index (χ3v) is 5.12. The van der Waals surface area contributed by atoms with Crippen molar-refractivity contribution in [3.8, 4) is 0 Å². The van der Waals surface area contributed by atoms with E-state index in [0.29, 0.717) is 35.8 Å². The Bertz CT molecular complexity index is 601. The van der Waals surface area contributed by atoms with Gasteiger partial charge in [0.05, 0.1) is 22.2 Å². The molecule has 0 atom stereocenters. The fourth-order valence-corrected chi connectivity index (χ4v) is 3.71. The smallest absolute Gasteiger partial charge is 0.235 e. The first-order valence-corrected chi connectivity index (χ1v) is 8.02. The van der Waals surface area contributed by atoms with Crippen LogP contribution in [0.3, 0.4) is 0 Å². The lowest BCUT2D eigenvalue weighted by Gasteiger charge is -2.18. The molecule has 1 heterocycles. The molecule has 1 aliphatic heterocycles. The molecule has 104 valence electrons. The zero-order chi connectivity index (χ0) is 14.0. The van der Waals surface area contributed by atoms with Crippen LogP contribution in [-0.2, 0) is 14.8 Å². The molecule has 1 fully saturated rings. The van der Waals surface area contributed by atoms with Gasteiger partial charge < -0.3 is 5.32 Å². The minimum Gasteiger partial charge on any atom is -0.325 e. The molecule has 1 amide bonds. The van der Waals surface area contributed by atoms with E-state index in [2.05, 4.69) is 5.32 Å². The van der Waals surface area contributed by atoms with Crippen LogP contribution in [0, 0.1) is 0 Å². The SMILES string of the molecule is CCC(=O)Nc1ccc(N2CCCS2(=O)=O)cc1Cl. The van der Waals surface area contributed by atoms with E-state index in [1.807, 2.05) is 0 Å². The lowest BCUT2D eigenvalue weighted by Crippen LogP contribution is -2.25. The second kappa shape index (κ2) is 5.38. The van der Waals surface area contributed by atoms with E-state index in [9.17, 15) is 13.2 Å². The van der Waals surface area contributed by atoms with Crippen molar-refractivity contribution in [3.05, 3.63) is 23.2 Å². The maximum atomic E-state index is 11.8. The molecule has 2 rings (SSSR count). The Morgan fingerprint density at radius 2 is 2.21 bits per heavy atom. The third kappa shape index (κ3) is 3.01. The number of carbonyl (C=O) groups excluding carboxylic acids is 1. The van der Waals surface area contributed by atoms with E-state index in [1.165, 1.54) is 4.31 Å². The molecule has 1 saturated heterocycles. The summed E-state index contributed by atoms with van der Waals surface area (Å²) in [5.74, 6) is 0.0299. The minimum atomic E-state index is -3.21. The minimum absolute atomic E-state index is 0.136. The first kappa shape index (κ1) is 14.1. The average molecular weight is 303 g/mol. The molecule has 19 heavy (non-hydrogen) atoms. The Labute approximate surface area is 117 Å². The maximum Gasteiger partial charge on any atom is 0.235 e. The van der Waals surface area contributed by atoms with Crippen molar-refractivity contribution in [2.75, 3.05) is 21.9 Å². The van der Waals surface area contributed by atoms with Gasteiger partial charge >= 0.3 is 0 Å². The molecule has 7 heteroatoms. The topological polar surface area (TPSA) is 66.5 Å². The Morgan fingerprint density at radius 1 is 1.47 bits per heavy atom. The first-order chi connectivity index (χ1) is 8.94. The Kier molecular flexibility index (Phi) is 4.01. The molecular weight excluding hydrogens is 288 g/mol. The third-order valence-electron chi connectivity index (χ3n) is 2.94. The molecule has 5 nitrogen and oxygen atoms in total. The molecule has 0 radical (unpaired) electrons. The number of benzene rings is 1. The molecule has 1 aliphatic rings. The Hall–Kier alpha value is -1.27. The normalized spacial score (nSPS) is 17.5. The van der Waals surface area contributed by atoms with Crippen LogP contribution < -0.4 is 9.62 Å². The van der Waals surface area contributed by atoms with Crippen molar-refractivity contribution in [1.82, 2.24) is 0 Å². The van der Waals surface area contributed by atoms with Crippen molar-refractivity contribution < 1.29 is 13.2 Å². The van der Waals surface area contributed by atoms with Gasteiger partial charge in [-0.2, -0.15) is 0 Å². The molecule has 0 aromatic heterocycles. The van der Waals surface area contributed by atoms with Crippen LogP contribution in [0.2, 0.25) is 5.02 Å². The average Bonchev–Trinajstić information content (AvgIpc) is 2.71. The summed E-state index contributed by atoms with van der Waals surface area (Å²) < 4.78 is 24.9. The number of nitrogens with one attached hydrogen (secondary N) is 1. The number of nitrogens with zero attached hydrogens (tertiary/aromatic N) is 1. The predicted octanol–water partition coefficient (Wildman–Crippen LogP) is 2.23. The second-order valence-corrected chi connectivity index (χ2v) is 6.73. The fourth-order valence-electron chi connectivity index (χ4n) is 1.93. The largest absolute Gasteiger partial charge is 0.325 e. The molecule has 0 bridgehead atoms. The summed E-state index contributed by atoms with van der Waals surface area (Å²) >= 11 is 6.07. The lowest BCUT2D eigenvalue weighted by atomic mass is 10.2. The van der Waals surface area contributed by atoms with Gasteiger partial charge in [0.25, 0.3) is 0 Å². The van der Waals surface area contributed by atoms with E-state index >= 15 is 0 Å². The number of halogens is 1. The van der Waals surface area contributed by atoms with Crippen molar-refractivity contribution in [1.29, 1.82) is 0 Å². The van der Waals surface area contributed by atoms with Crippen molar-refractivity contribution in [2.24, 2.45) is 0 Å². The first-order valence-electron chi connectivity index (χ1n) is 6.04.